The highest BCUT2D eigenvalue weighted by Crippen LogP contribution is 2.27. The Kier molecular flexibility index (Phi) is 7.80. The maximum atomic E-state index is 12.4. The maximum absolute atomic E-state index is 12.4. The van der Waals surface area contributed by atoms with Crippen molar-refractivity contribution < 1.29 is 23.4 Å². The van der Waals surface area contributed by atoms with Crippen LogP contribution in [0, 0.1) is 0 Å². The Morgan fingerprint density at radius 2 is 1.62 bits per heavy atom. The summed E-state index contributed by atoms with van der Waals surface area (Å²) in [5.41, 5.74) is 3.22. The van der Waals surface area contributed by atoms with E-state index in [1.807, 2.05) is 54.6 Å². The van der Waals surface area contributed by atoms with Crippen molar-refractivity contribution in [2.75, 3.05) is 18.8 Å². The summed E-state index contributed by atoms with van der Waals surface area (Å²) < 4.78 is 24.7. The van der Waals surface area contributed by atoms with Crippen LogP contribution in [-0.4, -0.2) is 43.4 Å². The van der Waals surface area contributed by atoms with Crippen LogP contribution in [0.25, 0.3) is 11.1 Å². The third-order valence-corrected chi connectivity index (χ3v) is 7.09. The molecule has 0 aliphatic carbocycles. The molecule has 0 saturated carbocycles. The number of sulfone groups is 1. The van der Waals surface area contributed by atoms with E-state index in [0.29, 0.717) is 18.7 Å². The molecule has 3 rings (SSSR count). The normalized spacial score (nSPS) is 12.4. The van der Waals surface area contributed by atoms with Gasteiger partial charge in [0.1, 0.15) is 0 Å². The quantitative estimate of drug-likeness (QED) is 0.404. The molecule has 0 aliphatic heterocycles. The van der Waals surface area contributed by atoms with Gasteiger partial charge in [0.25, 0.3) is 0 Å². The summed E-state index contributed by atoms with van der Waals surface area (Å²) >= 11 is 0. The summed E-state index contributed by atoms with van der Waals surface area (Å²) in [6, 6.07) is 21.6. The summed E-state index contributed by atoms with van der Waals surface area (Å²) in [6.45, 7) is 2.66. The van der Waals surface area contributed by atoms with Crippen LogP contribution >= 0.6 is 0 Å². The van der Waals surface area contributed by atoms with E-state index in [2.05, 4.69) is 5.32 Å². The molecule has 168 valence electrons. The van der Waals surface area contributed by atoms with E-state index in [9.17, 15) is 23.4 Å². The van der Waals surface area contributed by atoms with Gasteiger partial charge >= 0.3 is 5.97 Å². The highest BCUT2D eigenvalue weighted by molar-refractivity contribution is 7.91. The highest BCUT2D eigenvalue weighted by Gasteiger charge is 2.21. The Bertz CT molecular complexity index is 1160. The molecule has 6 nitrogen and oxygen atoms in total. The monoisotopic (exact) mass is 453 g/mol. The number of carboxylic acid groups (broad SMARTS) is 1. The molecule has 0 bridgehead atoms. The van der Waals surface area contributed by atoms with Crippen molar-refractivity contribution in [2.45, 2.75) is 24.3 Å². The lowest BCUT2D eigenvalue weighted by molar-refractivity contribution is 0.0692. The Balaban J connectivity index is 1.64. The van der Waals surface area contributed by atoms with Crippen LogP contribution in [-0.2, 0) is 16.3 Å². The molecule has 1 atom stereocenters. The number of carbonyl (C=O) groups is 1. The van der Waals surface area contributed by atoms with Crippen LogP contribution in [0.1, 0.15) is 34.5 Å². The van der Waals surface area contributed by atoms with Gasteiger partial charge in [-0.1, -0.05) is 67.6 Å². The zero-order chi connectivity index (χ0) is 23.1. The number of carboxylic acids is 1. The Labute approximate surface area is 188 Å². The molecule has 0 unspecified atom stereocenters. The van der Waals surface area contributed by atoms with Gasteiger partial charge in [0, 0.05) is 6.54 Å². The number of aliphatic hydroxyl groups is 1. The molecule has 3 N–H and O–H groups in total. The van der Waals surface area contributed by atoms with Crippen molar-refractivity contribution in [1.29, 1.82) is 0 Å². The first-order valence-electron chi connectivity index (χ1n) is 10.4. The highest BCUT2D eigenvalue weighted by atomic mass is 32.2. The molecule has 0 amide bonds. The van der Waals surface area contributed by atoms with E-state index in [0.717, 1.165) is 23.1 Å². The van der Waals surface area contributed by atoms with Gasteiger partial charge in [0.15, 0.2) is 9.84 Å². The summed E-state index contributed by atoms with van der Waals surface area (Å²) in [5.74, 6) is -1.43. The molecule has 0 spiro atoms. The minimum absolute atomic E-state index is 0.157. The van der Waals surface area contributed by atoms with E-state index < -0.39 is 21.9 Å². The summed E-state index contributed by atoms with van der Waals surface area (Å²) in [5, 5.41) is 22.8. The lowest BCUT2D eigenvalue weighted by Crippen LogP contribution is -2.23. The Morgan fingerprint density at radius 3 is 2.25 bits per heavy atom. The summed E-state index contributed by atoms with van der Waals surface area (Å²) in [4.78, 5) is 11.3. The molecule has 3 aromatic rings. The van der Waals surface area contributed by atoms with Crippen LogP contribution in [0.3, 0.4) is 0 Å². The Hall–Kier alpha value is -3.00. The van der Waals surface area contributed by atoms with Gasteiger partial charge in [0.05, 0.1) is 22.3 Å². The van der Waals surface area contributed by atoms with Crippen molar-refractivity contribution in [2.24, 2.45) is 0 Å². The molecule has 32 heavy (non-hydrogen) atoms. The van der Waals surface area contributed by atoms with Crippen molar-refractivity contribution in [3.05, 3.63) is 89.5 Å². The van der Waals surface area contributed by atoms with E-state index >= 15 is 0 Å². The molecule has 0 heterocycles. The third kappa shape index (κ3) is 5.82. The van der Waals surface area contributed by atoms with Gasteiger partial charge < -0.3 is 15.5 Å². The zero-order valence-corrected chi connectivity index (χ0v) is 18.7. The van der Waals surface area contributed by atoms with Gasteiger partial charge in [-0.25, -0.2) is 13.2 Å². The number of aliphatic hydroxyl groups excluding tert-OH is 1. The van der Waals surface area contributed by atoms with Crippen molar-refractivity contribution in [3.8, 4) is 11.1 Å². The lowest BCUT2D eigenvalue weighted by Gasteiger charge is -2.12. The number of hydrogen-bond donors (Lipinski definition) is 3. The second-order valence-corrected chi connectivity index (χ2v) is 9.74. The predicted molar refractivity (Wildman–Crippen MR) is 125 cm³/mol. The third-order valence-electron chi connectivity index (χ3n) is 5.33. The molecule has 3 aromatic carbocycles. The second kappa shape index (κ2) is 10.5. The van der Waals surface area contributed by atoms with E-state index in [4.69, 9.17) is 0 Å². The molecule has 7 heteroatoms. The lowest BCUT2D eigenvalue weighted by atomic mass is 10.0. The molecule has 0 saturated heterocycles. The molecule has 0 fully saturated rings. The van der Waals surface area contributed by atoms with Gasteiger partial charge in [-0.05, 0) is 47.4 Å². The van der Waals surface area contributed by atoms with Gasteiger partial charge in [-0.3, -0.25) is 0 Å². The first-order valence-corrected chi connectivity index (χ1v) is 12.1. The number of hydrogen-bond acceptors (Lipinski definition) is 5. The fraction of sp³-hybridized carbons (Fsp3) is 0.240. The first-order chi connectivity index (χ1) is 15.3. The molecular weight excluding hydrogens is 426 g/mol. The van der Waals surface area contributed by atoms with E-state index in [1.165, 1.54) is 19.1 Å². The van der Waals surface area contributed by atoms with Crippen LogP contribution in [0.4, 0.5) is 0 Å². The summed E-state index contributed by atoms with van der Waals surface area (Å²) in [6.07, 6.45) is 0.218. The first kappa shape index (κ1) is 23.7. The maximum Gasteiger partial charge on any atom is 0.337 e. The molecule has 0 aromatic heterocycles. The van der Waals surface area contributed by atoms with E-state index in [-0.39, 0.29) is 16.2 Å². The minimum atomic E-state index is -3.66. The topological polar surface area (TPSA) is 104 Å². The number of benzene rings is 3. The van der Waals surface area contributed by atoms with Gasteiger partial charge in [-0.15, -0.1) is 0 Å². The van der Waals surface area contributed by atoms with E-state index in [1.54, 1.807) is 6.07 Å². The Morgan fingerprint density at radius 1 is 0.969 bits per heavy atom. The fourth-order valence-electron chi connectivity index (χ4n) is 3.42. The minimum Gasteiger partial charge on any atom is -0.478 e. The van der Waals surface area contributed by atoms with Gasteiger partial charge in [-0.2, -0.15) is 0 Å². The smallest absolute Gasteiger partial charge is 0.337 e. The number of nitrogens with one attached hydrogen (secondary N) is 1. The largest absolute Gasteiger partial charge is 0.478 e. The van der Waals surface area contributed by atoms with Crippen molar-refractivity contribution in [3.63, 3.8) is 0 Å². The number of aromatic carboxylic acids is 1. The molecule has 0 aliphatic rings. The van der Waals surface area contributed by atoms with Crippen molar-refractivity contribution >= 4 is 15.8 Å². The van der Waals surface area contributed by atoms with Crippen LogP contribution in [0.2, 0.25) is 0 Å². The van der Waals surface area contributed by atoms with Crippen LogP contribution < -0.4 is 5.32 Å². The number of rotatable bonds is 10. The second-order valence-electron chi connectivity index (χ2n) is 7.50. The standard InChI is InChI=1S/C25H27NO5S/c1-2-32(30,31)24-16-21(12-13-22(24)25(28)29)19-10-8-18(9-11-19)14-15-26-17-23(27)20-6-4-3-5-7-20/h3-13,16,23,26-27H,2,14-15,17H2,1H3,(H,28,29)/t23-/m0/s1. The van der Waals surface area contributed by atoms with Crippen LogP contribution in [0.5, 0.6) is 0 Å². The SMILES string of the molecule is CCS(=O)(=O)c1cc(-c2ccc(CCNC[C@H](O)c3ccccc3)cc2)ccc1C(=O)O. The van der Waals surface area contributed by atoms with Crippen LogP contribution in [0.15, 0.2) is 77.7 Å². The summed E-state index contributed by atoms with van der Waals surface area (Å²) in [7, 11) is -3.66. The zero-order valence-electron chi connectivity index (χ0n) is 17.9. The van der Waals surface area contributed by atoms with Crippen molar-refractivity contribution in [1.82, 2.24) is 5.32 Å². The van der Waals surface area contributed by atoms with Gasteiger partial charge in [0.2, 0.25) is 0 Å². The average Bonchev–Trinajstić information content (AvgIpc) is 2.82. The molecular formula is C25H27NO5S. The average molecular weight is 454 g/mol. The fourth-order valence-corrected chi connectivity index (χ4v) is 4.53. The molecule has 0 radical (unpaired) electrons. The predicted octanol–water partition coefficient (Wildman–Crippen LogP) is 3.71.